The van der Waals surface area contributed by atoms with Gasteiger partial charge in [0.2, 0.25) is 9.84 Å². The second-order valence-corrected chi connectivity index (χ2v) is 6.20. The molecule has 0 atom stereocenters. The Balaban J connectivity index is 3.09. The molecule has 0 bridgehead atoms. The molecule has 0 aliphatic heterocycles. The average Bonchev–Trinajstić information content (AvgIpc) is 2.48. The number of rotatable bonds is 6. The average molecular weight is 305 g/mol. The van der Waals surface area contributed by atoms with E-state index < -0.39 is 9.84 Å². The van der Waals surface area contributed by atoms with Gasteiger partial charge in [-0.3, -0.25) is 0 Å². The number of nitrogens with two attached hydrogens (primary N) is 1. The highest BCUT2D eigenvalue weighted by Crippen LogP contribution is 2.20. The van der Waals surface area contributed by atoms with Crippen molar-refractivity contribution >= 4 is 15.5 Å². The normalized spacial score (nSPS) is 12.3. The Morgan fingerprint density at radius 3 is 2.33 bits per heavy atom. The summed E-state index contributed by atoms with van der Waals surface area (Å²) in [5, 5.41) is 9.09. The molecule has 1 rings (SSSR count). The van der Waals surface area contributed by atoms with E-state index in [0.717, 1.165) is 13.1 Å². The van der Waals surface area contributed by atoms with Crippen LogP contribution >= 0.6 is 0 Å². The van der Waals surface area contributed by atoms with Crippen molar-refractivity contribution in [1.29, 1.82) is 5.26 Å². The number of benzene rings is 1. The summed E-state index contributed by atoms with van der Waals surface area (Å²) < 4.78 is 24.6. The van der Waals surface area contributed by atoms with Crippen molar-refractivity contribution in [2.24, 2.45) is 0 Å². The Morgan fingerprint density at radius 1 is 1.29 bits per heavy atom. The number of anilines is 1. The van der Waals surface area contributed by atoms with Crippen molar-refractivity contribution in [3.63, 3.8) is 0 Å². The molecular weight excluding hydrogens is 286 g/mol. The summed E-state index contributed by atoms with van der Waals surface area (Å²) in [6.45, 7) is 5.61. The number of sulfone groups is 1. The Hall–Kier alpha value is -2.26. The molecule has 21 heavy (non-hydrogen) atoms. The number of allylic oxidation sites excluding steroid dienone is 3. The van der Waals surface area contributed by atoms with Crippen molar-refractivity contribution in [2.45, 2.75) is 18.7 Å². The highest BCUT2D eigenvalue weighted by atomic mass is 32.2. The van der Waals surface area contributed by atoms with E-state index in [2.05, 4.69) is 0 Å². The SMILES string of the molecule is CCN(C=CC=C(C#N)S(=O)(=O)c1ccc(N)cc1)CC. The first-order valence-electron chi connectivity index (χ1n) is 6.59. The maximum Gasteiger partial charge on any atom is 0.216 e. The van der Waals surface area contributed by atoms with Crippen LogP contribution in [-0.2, 0) is 9.84 Å². The molecule has 112 valence electrons. The van der Waals surface area contributed by atoms with E-state index in [1.54, 1.807) is 18.3 Å². The van der Waals surface area contributed by atoms with Gasteiger partial charge in [0, 0.05) is 18.8 Å². The maximum atomic E-state index is 12.3. The molecule has 1 aromatic rings. The van der Waals surface area contributed by atoms with Gasteiger partial charge >= 0.3 is 0 Å². The molecule has 0 aliphatic rings. The minimum absolute atomic E-state index is 0.0562. The van der Waals surface area contributed by atoms with E-state index in [1.807, 2.05) is 18.7 Å². The van der Waals surface area contributed by atoms with Crippen LogP contribution in [0.15, 0.2) is 52.4 Å². The lowest BCUT2D eigenvalue weighted by atomic mass is 10.3. The van der Waals surface area contributed by atoms with Crippen LogP contribution in [0.2, 0.25) is 0 Å². The Morgan fingerprint density at radius 2 is 1.86 bits per heavy atom. The highest BCUT2D eigenvalue weighted by molar-refractivity contribution is 7.95. The smallest absolute Gasteiger partial charge is 0.216 e. The third-order valence-corrected chi connectivity index (χ3v) is 4.65. The van der Waals surface area contributed by atoms with E-state index in [0.29, 0.717) is 5.69 Å². The van der Waals surface area contributed by atoms with Gasteiger partial charge in [-0.25, -0.2) is 8.42 Å². The third kappa shape index (κ3) is 4.36. The minimum Gasteiger partial charge on any atom is -0.399 e. The molecule has 0 fully saturated rings. The van der Waals surface area contributed by atoms with Gasteiger partial charge < -0.3 is 10.6 Å². The lowest BCUT2D eigenvalue weighted by molar-refractivity contribution is 0.419. The summed E-state index contributed by atoms with van der Waals surface area (Å²) >= 11 is 0. The van der Waals surface area contributed by atoms with Crippen LogP contribution in [-0.4, -0.2) is 26.4 Å². The van der Waals surface area contributed by atoms with Gasteiger partial charge in [0.05, 0.1) is 4.90 Å². The molecule has 0 saturated heterocycles. The molecule has 0 heterocycles. The van der Waals surface area contributed by atoms with Crippen molar-refractivity contribution in [3.05, 3.63) is 47.5 Å². The van der Waals surface area contributed by atoms with Gasteiger partial charge in [-0.15, -0.1) is 0 Å². The standard InChI is InChI=1S/C15H19N3O2S/c1-3-18(4-2)11-5-6-15(12-16)21(19,20)14-9-7-13(17)8-10-14/h5-11H,3-4,17H2,1-2H3. The van der Waals surface area contributed by atoms with Crippen molar-refractivity contribution in [2.75, 3.05) is 18.8 Å². The summed E-state index contributed by atoms with van der Waals surface area (Å²) in [7, 11) is -3.80. The fourth-order valence-electron chi connectivity index (χ4n) is 1.65. The topological polar surface area (TPSA) is 87.2 Å². The Bertz CT molecular complexity index is 664. The number of nitriles is 1. The summed E-state index contributed by atoms with van der Waals surface area (Å²) in [5.74, 6) is 0. The van der Waals surface area contributed by atoms with Crippen LogP contribution in [0.5, 0.6) is 0 Å². The fourth-order valence-corrected chi connectivity index (χ4v) is 2.77. The van der Waals surface area contributed by atoms with E-state index in [1.165, 1.54) is 30.3 Å². The first-order valence-corrected chi connectivity index (χ1v) is 8.07. The molecule has 1 aromatic carbocycles. The molecule has 0 unspecified atom stereocenters. The molecule has 2 N–H and O–H groups in total. The van der Waals surface area contributed by atoms with Crippen LogP contribution in [0.25, 0.3) is 0 Å². The fraction of sp³-hybridized carbons (Fsp3) is 0.267. The molecule has 0 spiro atoms. The lowest BCUT2D eigenvalue weighted by Crippen LogP contribution is -2.14. The molecular formula is C15H19N3O2S. The molecule has 0 radical (unpaired) electrons. The van der Waals surface area contributed by atoms with Gasteiger partial charge in [-0.05, 0) is 56.5 Å². The van der Waals surface area contributed by atoms with Crippen LogP contribution in [0.4, 0.5) is 5.69 Å². The van der Waals surface area contributed by atoms with Crippen LogP contribution in [0, 0.1) is 11.3 Å². The van der Waals surface area contributed by atoms with Gasteiger partial charge in [0.25, 0.3) is 0 Å². The zero-order chi connectivity index (χ0) is 15.9. The second kappa shape index (κ2) is 7.50. The lowest BCUT2D eigenvalue weighted by Gasteiger charge is -2.13. The van der Waals surface area contributed by atoms with Crippen LogP contribution < -0.4 is 5.73 Å². The van der Waals surface area contributed by atoms with Gasteiger partial charge in [0.1, 0.15) is 11.0 Å². The van der Waals surface area contributed by atoms with Crippen molar-refractivity contribution in [3.8, 4) is 6.07 Å². The minimum atomic E-state index is -3.80. The molecule has 6 heteroatoms. The number of nitrogen functional groups attached to an aromatic ring is 1. The molecule has 0 saturated carbocycles. The highest BCUT2D eigenvalue weighted by Gasteiger charge is 2.19. The van der Waals surface area contributed by atoms with Gasteiger partial charge in [0.15, 0.2) is 0 Å². The third-order valence-electron chi connectivity index (χ3n) is 2.95. The van der Waals surface area contributed by atoms with Crippen LogP contribution in [0.3, 0.4) is 0 Å². The van der Waals surface area contributed by atoms with Gasteiger partial charge in [-0.1, -0.05) is 0 Å². The Labute approximate surface area is 125 Å². The predicted molar refractivity (Wildman–Crippen MR) is 83.8 cm³/mol. The zero-order valence-electron chi connectivity index (χ0n) is 12.2. The van der Waals surface area contributed by atoms with E-state index in [9.17, 15) is 8.42 Å². The number of hydrogen-bond acceptors (Lipinski definition) is 5. The summed E-state index contributed by atoms with van der Waals surface area (Å²) in [6.07, 6.45) is 4.64. The Kier molecular flexibility index (Phi) is 6.00. The molecule has 0 aliphatic carbocycles. The van der Waals surface area contributed by atoms with Gasteiger partial charge in [-0.2, -0.15) is 5.26 Å². The largest absolute Gasteiger partial charge is 0.399 e. The molecule has 0 amide bonds. The monoisotopic (exact) mass is 305 g/mol. The summed E-state index contributed by atoms with van der Waals surface area (Å²) in [4.78, 5) is 1.75. The van der Waals surface area contributed by atoms with Crippen molar-refractivity contribution in [1.82, 2.24) is 4.90 Å². The molecule has 0 aromatic heterocycles. The second-order valence-electron chi connectivity index (χ2n) is 4.28. The first-order chi connectivity index (χ1) is 9.95. The summed E-state index contributed by atoms with van der Waals surface area (Å²) in [6, 6.07) is 7.51. The maximum absolute atomic E-state index is 12.3. The quantitative estimate of drug-likeness (QED) is 0.495. The number of hydrogen-bond donors (Lipinski definition) is 1. The molecule has 5 nitrogen and oxygen atoms in total. The van der Waals surface area contributed by atoms with E-state index in [4.69, 9.17) is 11.0 Å². The van der Waals surface area contributed by atoms with E-state index in [-0.39, 0.29) is 9.80 Å². The zero-order valence-corrected chi connectivity index (χ0v) is 13.0. The van der Waals surface area contributed by atoms with E-state index >= 15 is 0 Å². The first kappa shape index (κ1) is 16.8. The van der Waals surface area contributed by atoms with Crippen molar-refractivity contribution < 1.29 is 8.42 Å². The number of nitrogens with zero attached hydrogens (tertiary/aromatic N) is 2. The summed E-state index contributed by atoms with van der Waals surface area (Å²) in [5.41, 5.74) is 6.00. The van der Waals surface area contributed by atoms with Crippen LogP contribution in [0.1, 0.15) is 13.8 Å². The predicted octanol–water partition coefficient (Wildman–Crippen LogP) is 2.31.